The predicted molar refractivity (Wildman–Crippen MR) is 83.3 cm³/mol. The summed E-state index contributed by atoms with van der Waals surface area (Å²) < 4.78 is 27.6. The van der Waals surface area contributed by atoms with Gasteiger partial charge in [0.2, 0.25) is 0 Å². The summed E-state index contributed by atoms with van der Waals surface area (Å²) in [4.78, 5) is 2.09. The van der Waals surface area contributed by atoms with Crippen molar-refractivity contribution in [1.29, 1.82) is 0 Å². The monoisotopic (exact) mass is 292 g/mol. The van der Waals surface area contributed by atoms with Crippen molar-refractivity contribution in [3.8, 4) is 0 Å². The van der Waals surface area contributed by atoms with E-state index in [-0.39, 0.29) is 4.90 Å². The van der Waals surface area contributed by atoms with Crippen LogP contribution in [0.1, 0.15) is 13.8 Å². The molecule has 108 valence electrons. The third kappa shape index (κ3) is 5.01. The third-order valence-corrected chi connectivity index (χ3v) is 3.71. The molecule has 1 aromatic rings. The molecule has 0 aliphatic heterocycles. The normalized spacial score (nSPS) is 12.5. The Labute approximate surface area is 121 Å². The molecule has 0 N–H and O–H groups in total. The van der Waals surface area contributed by atoms with E-state index >= 15 is 0 Å². The van der Waals surface area contributed by atoms with Crippen molar-refractivity contribution in [2.24, 2.45) is 4.40 Å². The van der Waals surface area contributed by atoms with Crippen LogP contribution in [-0.4, -0.2) is 33.6 Å². The Morgan fingerprint density at radius 3 is 2.25 bits per heavy atom. The van der Waals surface area contributed by atoms with Crippen LogP contribution >= 0.6 is 0 Å². The first-order valence-electron chi connectivity index (χ1n) is 6.21. The van der Waals surface area contributed by atoms with Crippen LogP contribution < -0.4 is 0 Å². The topological polar surface area (TPSA) is 49.7 Å². The summed E-state index contributed by atoms with van der Waals surface area (Å²) in [5.41, 5.74) is 2.02. The first kappa shape index (κ1) is 16.2. The average Bonchev–Trinajstić information content (AvgIpc) is 2.38. The lowest BCUT2D eigenvalue weighted by Crippen LogP contribution is -2.09. The molecule has 0 aliphatic carbocycles. The molecule has 0 fully saturated rings. The number of likely N-dealkylation sites (N-methyl/N-ethyl adjacent to an activating group) is 1. The van der Waals surface area contributed by atoms with E-state index in [1.807, 2.05) is 38.9 Å². The van der Waals surface area contributed by atoms with Crippen LogP contribution in [0.25, 0.3) is 0 Å². The molecule has 20 heavy (non-hydrogen) atoms. The number of hydrogen-bond donors (Lipinski definition) is 0. The van der Waals surface area contributed by atoms with Gasteiger partial charge in [-0.1, -0.05) is 23.8 Å². The smallest absolute Gasteiger partial charge is 0.282 e. The summed E-state index contributed by atoms with van der Waals surface area (Å²) in [6.45, 7) is 3.96. The molecule has 0 saturated carbocycles. The molecule has 0 atom stereocenters. The highest BCUT2D eigenvalue weighted by Gasteiger charge is 2.09. The van der Waals surface area contributed by atoms with Crippen molar-refractivity contribution in [3.05, 3.63) is 53.8 Å². The molecule has 0 saturated heterocycles. The van der Waals surface area contributed by atoms with E-state index in [9.17, 15) is 8.42 Å². The molecule has 1 aromatic carbocycles. The maximum absolute atomic E-state index is 11.9. The van der Waals surface area contributed by atoms with Crippen molar-refractivity contribution in [1.82, 2.24) is 4.90 Å². The number of rotatable bonds is 5. The van der Waals surface area contributed by atoms with E-state index < -0.39 is 10.0 Å². The first-order chi connectivity index (χ1) is 9.33. The summed E-state index contributed by atoms with van der Waals surface area (Å²) in [7, 11) is 0.163. The lowest BCUT2D eigenvalue weighted by atomic mass is 10.2. The first-order valence-corrected chi connectivity index (χ1v) is 7.65. The Balaban J connectivity index is 3.00. The van der Waals surface area contributed by atoms with Crippen LogP contribution in [0.2, 0.25) is 0 Å². The van der Waals surface area contributed by atoms with Gasteiger partial charge >= 0.3 is 0 Å². The van der Waals surface area contributed by atoms with Gasteiger partial charge in [0.25, 0.3) is 10.0 Å². The van der Waals surface area contributed by atoms with Crippen LogP contribution in [0.15, 0.2) is 63.0 Å². The Bertz CT molecular complexity index is 623. The zero-order chi connectivity index (χ0) is 15.2. The summed E-state index contributed by atoms with van der Waals surface area (Å²) in [6.07, 6.45) is 4.95. The average molecular weight is 292 g/mol. The van der Waals surface area contributed by atoms with E-state index in [1.165, 1.54) is 18.3 Å². The lowest BCUT2D eigenvalue weighted by Gasteiger charge is -2.13. The summed E-state index contributed by atoms with van der Waals surface area (Å²) >= 11 is 0. The zero-order valence-electron chi connectivity index (χ0n) is 12.2. The maximum atomic E-state index is 11.9. The van der Waals surface area contributed by atoms with E-state index in [0.29, 0.717) is 0 Å². The van der Waals surface area contributed by atoms with E-state index in [0.717, 1.165) is 11.3 Å². The molecule has 0 aliphatic rings. The Kier molecular flexibility index (Phi) is 5.70. The van der Waals surface area contributed by atoms with Crippen molar-refractivity contribution >= 4 is 16.2 Å². The van der Waals surface area contributed by atoms with Crippen LogP contribution in [-0.2, 0) is 10.0 Å². The Hall–Kier alpha value is -1.88. The number of sulfonamides is 1. The van der Waals surface area contributed by atoms with Crippen molar-refractivity contribution in [3.63, 3.8) is 0 Å². The van der Waals surface area contributed by atoms with E-state index in [2.05, 4.69) is 4.40 Å². The minimum atomic E-state index is -3.62. The zero-order valence-corrected chi connectivity index (χ0v) is 13.1. The predicted octanol–water partition coefficient (Wildman–Crippen LogP) is 2.86. The second-order valence-corrected chi connectivity index (χ2v) is 6.38. The van der Waals surface area contributed by atoms with Gasteiger partial charge in [0.1, 0.15) is 0 Å². The lowest BCUT2D eigenvalue weighted by molar-refractivity contribution is 0.530. The number of nitrogens with zero attached hydrogens (tertiary/aromatic N) is 2. The second kappa shape index (κ2) is 7.05. The van der Waals surface area contributed by atoms with Gasteiger partial charge in [0.05, 0.1) is 4.90 Å². The van der Waals surface area contributed by atoms with E-state index in [4.69, 9.17) is 0 Å². The number of hydrogen-bond acceptors (Lipinski definition) is 3. The molecule has 0 spiro atoms. The Morgan fingerprint density at radius 2 is 1.75 bits per heavy atom. The van der Waals surface area contributed by atoms with Crippen molar-refractivity contribution in [2.45, 2.75) is 18.7 Å². The van der Waals surface area contributed by atoms with Gasteiger partial charge in [-0.15, -0.1) is 0 Å². The van der Waals surface area contributed by atoms with Crippen molar-refractivity contribution < 1.29 is 8.42 Å². The van der Waals surface area contributed by atoms with E-state index in [1.54, 1.807) is 24.3 Å². The van der Waals surface area contributed by atoms with Gasteiger partial charge in [-0.25, -0.2) is 0 Å². The highest BCUT2D eigenvalue weighted by Crippen LogP contribution is 2.11. The summed E-state index contributed by atoms with van der Waals surface area (Å²) in [5, 5.41) is 0. The summed E-state index contributed by atoms with van der Waals surface area (Å²) in [5.74, 6) is 0. The molecule has 0 heterocycles. The largest absolute Gasteiger partial charge is 0.378 e. The molecule has 0 aromatic heterocycles. The van der Waals surface area contributed by atoms with Crippen molar-refractivity contribution in [2.75, 3.05) is 14.1 Å². The van der Waals surface area contributed by atoms with Crippen LogP contribution in [0.5, 0.6) is 0 Å². The molecule has 1 rings (SSSR count). The fourth-order valence-electron chi connectivity index (χ4n) is 1.46. The van der Waals surface area contributed by atoms with Gasteiger partial charge in [-0.3, -0.25) is 0 Å². The minimum Gasteiger partial charge on any atom is -0.378 e. The minimum absolute atomic E-state index is 0.193. The maximum Gasteiger partial charge on any atom is 0.282 e. The van der Waals surface area contributed by atoms with Gasteiger partial charge in [0.15, 0.2) is 0 Å². The fraction of sp³-hybridized carbons (Fsp3) is 0.267. The van der Waals surface area contributed by atoms with Crippen LogP contribution in [0.4, 0.5) is 0 Å². The molecular weight excluding hydrogens is 272 g/mol. The fourth-order valence-corrected chi connectivity index (χ4v) is 2.31. The molecule has 4 nitrogen and oxygen atoms in total. The number of benzene rings is 1. The standard InChI is InChI=1S/C15H20N2O2S/c1-13(2)12-14(17(3)4)10-11-16-20(18,19)15-8-6-5-7-9-15/h5-12H,1-4H3/b14-10+,16-11+. The van der Waals surface area contributed by atoms with Gasteiger partial charge in [-0.05, 0) is 38.1 Å². The SMILES string of the molecule is CC(C)=C/C(=C\C=N\S(=O)(=O)c1ccccc1)N(C)C. The number of allylic oxidation sites excluding steroid dienone is 3. The third-order valence-electron chi connectivity index (χ3n) is 2.44. The highest BCUT2D eigenvalue weighted by atomic mass is 32.2. The molecule has 0 amide bonds. The highest BCUT2D eigenvalue weighted by molar-refractivity contribution is 7.90. The van der Waals surface area contributed by atoms with Crippen LogP contribution in [0, 0.1) is 0 Å². The molecule has 0 unspecified atom stereocenters. The second-order valence-electron chi connectivity index (χ2n) is 4.75. The van der Waals surface area contributed by atoms with Crippen LogP contribution in [0.3, 0.4) is 0 Å². The van der Waals surface area contributed by atoms with Gasteiger partial charge in [-0.2, -0.15) is 12.8 Å². The van der Waals surface area contributed by atoms with Gasteiger partial charge in [0, 0.05) is 26.0 Å². The summed E-state index contributed by atoms with van der Waals surface area (Å²) in [6, 6.07) is 8.17. The molecular formula is C15H20N2O2S. The molecule has 5 heteroatoms. The quantitative estimate of drug-likeness (QED) is 0.619. The molecule has 0 radical (unpaired) electrons. The Morgan fingerprint density at radius 1 is 1.15 bits per heavy atom. The molecule has 0 bridgehead atoms. The van der Waals surface area contributed by atoms with Gasteiger partial charge < -0.3 is 4.90 Å².